The van der Waals surface area contributed by atoms with Crippen LogP contribution in [0, 0.1) is 0 Å². The summed E-state index contributed by atoms with van der Waals surface area (Å²) in [7, 11) is 0. The summed E-state index contributed by atoms with van der Waals surface area (Å²) < 4.78 is 17.4. The summed E-state index contributed by atoms with van der Waals surface area (Å²) in [5.74, 6) is 1.60. The molecule has 136 valence electrons. The summed E-state index contributed by atoms with van der Waals surface area (Å²) in [6.07, 6.45) is 1.75. The summed E-state index contributed by atoms with van der Waals surface area (Å²) in [5.41, 5.74) is 1.83. The van der Waals surface area contributed by atoms with Gasteiger partial charge in [-0.05, 0) is 44.5 Å². The van der Waals surface area contributed by atoms with Gasteiger partial charge in [0.05, 0.1) is 17.7 Å². The smallest absolute Gasteiger partial charge is 0.130 e. The molecule has 0 unspecified atom stereocenters. The van der Waals surface area contributed by atoms with Gasteiger partial charge in [-0.15, -0.1) is 0 Å². The summed E-state index contributed by atoms with van der Waals surface area (Å²) in [5, 5.41) is 0.968. The molecule has 0 bridgehead atoms. The van der Waals surface area contributed by atoms with E-state index < -0.39 is 0 Å². The van der Waals surface area contributed by atoms with Gasteiger partial charge in [0.15, 0.2) is 0 Å². The maximum atomic E-state index is 5.88. The second-order valence-corrected chi connectivity index (χ2v) is 7.07. The molecule has 2 aromatic carbocycles. The van der Waals surface area contributed by atoms with Crippen LogP contribution in [0.1, 0.15) is 26.3 Å². The number of fused-ring (bicyclic) bond motifs is 1. The van der Waals surface area contributed by atoms with E-state index in [9.17, 15) is 0 Å². The van der Waals surface area contributed by atoms with Crippen LogP contribution in [-0.2, 0) is 11.3 Å². The number of aromatic nitrogens is 1. The lowest BCUT2D eigenvalue weighted by Gasteiger charge is -2.19. The van der Waals surface area contributed by atoms with Crippen molar-refractivity contribution in [1.82, 2.24) is 4.98 Å². The van der Waals surface area contributed by atoms with Gasteiger partial charge in [-0.1, -0.05) is 30.3 Å². The first kappa shape index (κ1) is 18.2. The van der Waals surface area contributed by atoms with Crippen molar-refractivity contribution in [3.05, 3.63) is 66.4 Å². The highest BCUT2D eigenvalue weighted by Crippen LogP contribution is 2.27. The molecule has 3 aromatic rings. The van der Waals surface area contributed by atoms with Gasteiger partial charge in [-0.25, -0.2) is 0 Å². The lowest BCUT2D eigenvalue weighted by molar-refractivity contribution is -0.0161. The number of ether oxygens (including phenoxy) is 3. The van der Waals surface area contributed by atoms with E-state index in [0.29, 0.717) is 19.8 Å². The molecule has 0 fully saturated rings. The first-order chi connectivity index (χ1) is 12.5. The molecule has 1 heterocycles. The van der Waals surface area contributed by atoms with E-state index in [1.807, 2.05) is 75.4 Å². The van der Waals surface area contributed by atoms with Gasteiger partial charge in [0, 0.05) is 17.6 Å². The molecule has 4 nitrogen and oxygen atoms in total. The Hall–Kier alpha value is -2.59. The first-order valence-corrected chi connectivity index (χ1v) is 8.83. The maximum Gasteiger partial charge on any atom is 0.130 e. The predicted octanol–water partition coefficient (Wildman–Crippen LogP) is 5.01. The minimum Gasteiger partial charge on any atom is -0.490 e. The highest BCUT2D eigenvalue weighted by Gasteiger charge is 2.10. The van der Waals surface area contributed by atoms with Crippen LogP contribution in [0.5, 0.6) is 11.5 Å². The van der Waals surface area contributed by atoms with Crippen LogP contribution in [0.15, 0.2) is 60.8 Å². The lowest BCUT2D eigenvalue weighted by Crippen LogP contribution is -2.22. The van der Waals surface area contributed by atoms with Crippen molar-refractivity contribution in [3.63, 3.8) is 0 Å². The van der Waals surface area contributed by atoms with Crippen molar-refractivity contribution in [3.8, 4) is 11.5 Å². The van der Waals surface area contributed by atoms with Crippen LogP contribution >= 0.6 is 0 Å². The SMILES string of the molecule is CC(C)(C)OCCOc1ccnc2cc(OCc3ccccc3)ccc12. The van der Waals surface area contributed by atoms with E-state index in [4.69, 9.17) is 14.2 Å². The third kappa shape index (κ3) is 5.20. The number of benzene rings is 2. The van der Waals surface area contributed by atoms with Crippen molar-refractivity contribution in [2.24, 2.45) is 0 Å². The molecule has 0 aliphatic carbocycles. The van der Waals surface area contributed by atoms with Crippen molar-refractivity contribution < 1.29 is 14.2 Å². The fraction of sp³-hybridized carbons (Fsp3) is 0.318. The third-order valence-corrected chi connectivity index (χ3v) is 3.80. The highest BCUT2D eigenvalue weighted by molar-refractivity contribution is 5.85. The zero-order valence-corrected chi connectivity index (χ0v) is 15.6. The maximum absolute atomic E-state index is 5.88. The van der Waals surface area contributed by atoms with Crippen LogP contribution in [-0.4, -0.2) is 23.8 Å². The Morgan fingerprint density at radius 3 is 2.46 bits per heavy atom. The molecule has 0 N–H and O–H groups in total. The van der Waals surface area contributed by atoms with Gasteiger partial charge in [-0.2, -0.15) is 0 Å². The van der Waals surface area contributed by atoms with Crippen molar-refractivity contribution in [2.75, 3.05) is 13.2 Å². The Morgan fingerprint density at radius 1 is 0.885 bits per heavy atom. The van der Waals surface area contributed by atoms with Gasteiger partial charge in [0.25, 0.3) is 0 Å². The van der Waals surface area contributed by atoms with Gasteiger partial charge < -0.3 is 14.2 Å². The second-order valence-electron chi connectivity index (χ2n) is 7.07. The number of pyridine rings is 1. The Bertz CT molecular complexity index is 841. The molecule has 0 saturated heterocycles. The summed E-state index contributed by atoms with van der Waals surface area (Å²) >= 11 is 0. The van der Waals surface area contributed by atoms with Crippen molar-refractivity contribution in [1.29, 1.82) is 0 Å². The van der Waals surface area contributed by atoms with Crippen LogP contribution in [0.25, 0.3) is 10.9 Å². The topological polar surface area (TPSA) is 40.6 Å². The minimum atomic E-state index is -0.158. The Morgan fingerprint density at radius 2 is 1.69 bits per heavy atom. The Kier molecular flexibility index (Phi) is 5.74. The van der Waals surface area contributed by atoms with E-state index in [2.05, 4.69) is 4.98 Å². The fourth-order valence-corrected chi connectivity index (χ4v) is 2.56. The molecule has 0 radical (unpaired) electrons. The molecule has 0 amide bonds. The summed E-state index contributed by atoms with van der Waals surface area (Å²) in [4.78, 5) is 4.43. The number of nitrogens with zero attached hydrogens (tertiary/aromatic N) is 1. The Labute approximate surface area is 154 Å². The average molecular weight is 351 g/mol. The van der Waals surface area contributed by atoms with E-state index >= 15 is 0 Å². The van der Waals surface area contributed by atoms with E-state index in [1.54, 1.807) is 6.20 Å². The van der Waals surface area contributed by atoms with Gasteiger partial charge >= 0.3 is 0 Å². The van der Waals surface area contributed by atoms with Crippen LogP contribution < -0.4 is 9.47 Å². The highest BCUT2D eigenvalue weighted by atomic mass is 16.5. The van der Waals surface area contributed by atoms with Crippen molar-refractivity contribution in [2.45, 2.75) is 33.0 Å². The molecule has 0 saturated carbocycles. The molecule has 4 heteroatoms. The molecule has 0 aliphatic rings. The lowest BCUT2D eigenvalue weighted by atomic mass is 10.2. The summed E-state index contributed by atoms with van der Waals surface area (Å²) in [6, 6.07) is 17.9. The molecule has 26 heavy (non-hydrogen) atoms. The number of hydrogen-bond donors (Lipinski definition) is 0. The zero-order valence-electron chi connectivity index (χ0n) is 15.6. The molecule has 0 aliphatic heterocycles. The number of rotatable bonds is 7. The quantitative estimate of drug-likeness (QED) is 0.561. The monoisotopic (exact) mass is 351 g/mol. The van der Waals surface area contributed by atoms with Gasteiger partial charge in [0.2, 0.25) is 0 Å². The standard InChI is InChI=1S/C22H25NO3/c1-22(2,3)26-14-13-24-21-11-12-23-20-15-18(9-10-19(20)21)25-16-17-7-5-4-6-8-17/h4-12,15H,13-14,16H2,1-3H3. The second kappa shape index (κ2) is 8.19. The normalized spacial score (nSPS) is 11.5. The zero-order chi connectivity index (χ0) is 18.4. The molecular weight excluding hydrogens is 326 g/mol. The van der Waals surface area contributed by atoms with Crippen LogP contribution in [0.2, 0.25) is 0 Å². The molecule has 0 spiro atoms. The van der Waals surface area contributed by atoms with Gasteiger partial charge in [0.1, 0.15) is 24.7 Å². The van der Waals surface area contributed by atoms with E-state index in [-0.39, 0.29) is 5.60 Å². The fourth-order valence-electron chi connectivity index (χ4n) is 2.56. The third-order valence-electron chi connectivity index (χ3n) is 3.80. The van der Waals surface area contributed by atoms with Crippen LogP contribution in [0.3, 0.4) is 0 Å². The Balaban J connectivity index is 1.65. The number of hydrogen-bond acceptors (Lipinski definition) is 4. The van der Waals surface area contributed by atoms with Crippen LogP contribution in [0.4, 0.5) is 0 Å². The molecule has 3 rings (SSSR count). The molecule has 1 aromatic heterocycles. The predicted molar refractivity (Wildman–Crippen MR) is 104 cm³/mol. The first-order valence-electron chi connectivity index (χ1n) is 8.83. The largest absolute Gasteiger partial charge is 0.490 e. The molecular formula is C22H25NO3. The van der Waals surface area contributed by atoms with E-state index in [1.165, 1.54) is 0 Å². The summed E-state index contributed by atoms with van der Waals surface area (Å²) in [6.45, 7) is 7.68. The molecule has 0 atom stereocenters. The van der Waals surface area contributed by atoms with E-state index in [0.717, 1.165) is 28.0 Å². The van der Waals surface area contributed by atoms with Crippen molar-refractivity contribution >= 4 is 10.9 Å². The average Bonchev–Trinajstić information content (AvgIpc) is 2.63. The van der Waals surface area contributed by atoms with Gasteiger partial charge in [-0.3, -0.25) is 4.98 Å². The minimum absolute atomic E-state index is 0.158.